The largest absolute Gasteiger partial charge is 0.0879 e. The Labute approximate surface area is 57.0 Å². The molecule has 0 heterocycles. The minimum atomic E-state index is 0.921. The average molecular weight is 122 g/mol. The van der Waals surface area contributed by atoms with E-state index in [0.717, 1.165) is 23.7 Å². The van der Waals surface area contributed by atoms with Gasteiger partial charge in [-0.3, -0.25) is 0 Å². The normalized spacial score (nSPS) is 45.9. The molecule has 3 unspecified atom stereocenters. The molecule has 1 saturated carbocycles. The molecule has 0 spiro atoms. The molecule has 0 nitrogen and oxygen atoms in total. The van der Waals surface area contributed by atoms with E-state index in [2.05, 4.69) is 26.0 Å². The molecule has 0 N–H and O–H groups in total. The van der Waals surface area contributed by atoms with E-state index in [1.807, 2.05) is 0 Å². The zero-order valence-electron chi connectivity index (χ0n) is 6.17. The van der Waals surface area contributed by atoms with Crippen LogP contribution >= 0.6 is 0 Å². The van der Waals surface area contributed by atoms with Crippen LogP contribution in [0.15, 0.2) is 12.2 Å². The summed E-state index contributed by atoms with van der Waals surface area (Å²) in [5.41, 5.74) is 0. The predicted molar refractivity (Wildman–Crippen MR) is 39.1 cm³/mol. The van der Waals surface area contributed by atoms with Crippen LogP contribution in [-0.4, -0.2) is 0 Å². The van der Waals surface area contributed by atoms with Crippen molar-refractivity contribution in [3.05, 3.63) is 12.2 Å². The van der Waals surface area contributed by atoms with Crippen molar-refractivity contribution in [3.8, 4) is 0 Å². The smallest absolute Gasteiger partial charge is 0.0165 e. The summed E-state index contributed by atoms with van der Waals surface area (Å²) in [4.78, 5) is 0. The van der Waals surface area contributed by atoms with Crippen LogP contribution in [0.2, 0.25) is 0 Å². The highest BCUT2D eigenvalue weighted by molar-refractivity contribution is 5.17. The van der Waals surface area contributed by atoms with Gasteiger partial charge in [0, 0.05) is 0 Å². The third-order valence-electron chi connectivity index (χ3n) is 2.83. The van der Waals surface area contributed by atoms with Crippen LogP contribution in [0, 0.1) is 23.7 Å². The van der Waals surface area contributed by atoms with Crippen LogP contribution < -0.4 is 0 Å². The van der Waals surface area contributed by atoms with E-state index in [-0.39, 0.29) is 0 Å². The van der Waals surface area contributed by atoms with Crippen LogP contribution in [0.25, 0.3) is 0 Å². The molecule has 9 heavy (non-hydrogen) atoms. The first-order chi connectivity index (χ1) is 4.30. The first kappa shape index (κ1) is 5.52. The summed E-state index contributed by atoms with van der Waals surface area (Å²) in [6, 6.07) is 0. The van der Waals surface area contributed by atoms with Crippen molar-refractivity contribution in [2.45, 2.75) is 20.3 Å². The molecule has 2 aliphatic rings. The Kier molecular flexibility index (Phi) is 0.992. The van der Waals surface area contributed by atoms with Gasteiger partial charge in [-0.05, 0) is 30.1 Å². The van der Waals surface area contributed by atoms with Gasteiger partial charge in [0.1, 0.15) is 0 Å². The second-order valence-corrected chi connectivity index (χ2v) is 3.73. The van der Waals surface area contributed by atoms with E-state index in [9.17, 15) is 0 Å². The molecule has 0 aromatic heterocycles. The van der Waals surface area contributed by atoms with Crippen LogP contribution in [-0.2, 0) is 0 Å². The van der Waals surface area contributed by atoms with Crippen molar-refractivity contribution >= 4 is 0 Å². The second-order valence-electron chi connectivity index (χ2n) is 3.73. The first-order valence-corrected chi connectivity index (χ1v) is 3.97. The number of hydrogen-bond donors (Lipinski definition) is 0. The van der Waals surface area contributed by atoms with Gasteiger partial charge in [0.15, 0.2) is 0 Å². The summed E-state index contributed by atoms with van der Waals surface area (Å²) in [6.45, 7) is 4.69. The Hall–Kier alpha value is -0.260. The maximum absolute atomic E-state index is 2.41. The number of allylic oxidation sites excluding steroid dienone is 2. The van der Waals surface area contributed by atoms with Gasteiger partial charge in [0.2, 0.25) is 0 Å². The highest BCUT2D eigenvalue weighted by atomic mass is 14.5. The van der Waals surface area contributed by atoms with Gasteiger partial charge >= 0.3 is 0 Å². The molecule has 0 bridgehead atoms. The zero-order valence-corrected chi connectivity index (χ0v) is 6.17. The van der Waals surface area contributed by atoms with Gasteiger partial charge < -0.3 is 0 Å². The van der Waals surface area contributed by atoms with Crippen molar-refractivity contribution in [1.29, 1.82) is 0 Å². The number of rotatable bonds is 1. The summed E-state index contributed by atoms with van der Waals surface area (Å²) in [5, 5.41) is 0. The van der Waals surface area contributed by atoms with Crippen LogP contribution in [0.5, 0.6) is 0 Å². The summed E-state index contributed by atoms with van der Waals surface area (Å²) < 4.78 is 0. The molecule has 50 valence electrons. The molecule has 0 aromatic carbocycles. The van der Waals surface area contributed by atoms with Crippen molar-refractivity contribution < 1.29 is 0 Å². The van der Waals surface area contributed by atoms with Crippen molar-refractivity contribution in [2.24, 2.45) is 23.7 Å². The lowest BCUT2D eigenvalue weighted by atomic mass is 10.0. The second kappa shape index (κ2) is 1.62. The SMILES string of the molecule is CC(C)C1C2C=CCC21. The zero-order chi connectivity index (χ0) is 6.43. The predicted octanol–water partition coefficient (Wildman–Crippen LogP) is 2.46. The monoisotopic (exact) mass is 122 g/mol. The minimum absolute atomic E-state index is 0.921. The lowest BCUT2D eigenvalue weighted by molar-refractivity contribution is 0.507. The van der Waals surface area contributed by atoms with Crippen molar-refractivity contribution in [1.82, 2.24) is 0 Å². The van der Waals surface area contributed by atoms with E-state index in [4.69, 9.17) is 0 Å². The Morgan fingerprint density at radius 2 is 2.22 bits per heavy atom. The molecule has 0 radical (unpaired) electrons. The van der Waals surface area contributed by atoms with Gasteiger partial charge in [-0.1, -0.05) is 26.0 Å². The van der Waals surface area contributed by atoms with Crippen LogP contribution in [0.1, 0.15) is 20.3 Å². The topological polar surface area (TPSA) is 0 Å². The molecular weight excluding hydrogens is 108 g/mol. The van der Waals surface area contributed by atoms with E-state index in [0.29, 0.717) is 0 Å². The number of fused-ring (bicyclic) bond motifs is 1. The van der Waals surface area contributed by atoms with Gasteiger partial charge in [-0.25, -0.2) is 0 Å². The third kappa shape index (κ3) is 0.654. The summed E-state index contributed by atoms with van der Waals surface area (Å²) in [5.74, 6) is 4.02. The summed E-state index contributed by atoms with van der Waals surface area (Å²) in [7, 11) is 0. The van der Waals surface area contributed by atoms with E-state index >= 15 is 0 Å². The lowest BCUT2D eigenvalue weighted by Gasteiger charge is -2.01. The van der Waals surface area contributed by atoms with Crippen molar-refractivity contribution in [2.75, 3.05) is 0 Å². The molecule has 1 fully saturated rings. The lowest BCUT2D eigenvalue weighted by Crippen LogP contribution is -1.93. The van der Waals surface area contributed by atoms with Crippen molar-refractivity contribution in [3.63, 3.8) is 0 Å². The van der Waals surface area contributed by atoms with Gasteiger partial charge in [0.25, 0.3) is 0 Å². The fraction of sp³-hybridized carbons (Fsp3) is 0.778. The van der Waals surface area contributed by atoms with Gasteiger partial charge in [-0.15, -0.1) is 0 Å². The summed E-state index contributed by atoms with van der Waals surface area (Å²) >= 11 is 0. The maximum Gasteiger partial charge on any atom is -0.0165 e. The molecule has 3 atom stereocenters. The third-order valence-corrected chi connectivity index (χ3v) is 2.83. The molecular formula is C9H14. The van der Waals surface area contributed by atoms with Crippen LogP contribution in [0.4, 0.5) is 0 Å². The minimum Gasteiger partial charge on any atom is -0.0879 e. The molecule has 0 aliphatic heterocycles. The first-order valence-electron chi connectivity index (χ1n) is 3.97. The standard InChI is InChI=1S/C9H14/c1-6(2)9-7-4-3-5-8(7)9/h3-4,6-9H,5H2,1-2H3. The Bertz CT molecular complexity index is 144. The summed E-state index contributed by atoms with van der Waals surface area (Å²) in [6.07, 6.45) is 6.12. The molecule has 0 amide bonds. The Morgan fingerprint density at radius 3 is 2.56 bits per heavy atom. The highest BCUT2D eigenvalue weighted by Crippen LogP contribution is 2.57. The Balaban J connectivity index is 2.02. The maximum atomic E-state index is 2.41. The van der Waals surface area contributed by atoms with Gasteiger partial charge in [0.05, 0.1) is 0 Å². The molecule has 2 aliphatic carbocycles. The van der Waals surface area contributed by atoms with Crippen LogP contribution in [0.3, 0.4) is 0 Å². The average Bonchev–Trinajstić information content (AvgIpc) is 2.30. The van der Waals surface area contributed by atoms with E-state index < -0.39 is 0 Å². The molecule has 2 rings (SSSR count). The molecule has 0 aromatic rings. The van der Waals surface area contributed by atoms with E-state index in [1.54, 1.807) is 0 Å². The quantitative estimate of drug-likeness (QED) is 0.469. The fourth-order valence-corrected chi connectivity index (χ4v) is 2.35. The highest BCUT2D eigenvalue weighted by Gasteiger charge is 2.50. The Morgan fingerprint density at radius 1 is 1.44 bits per heavy atom. The molecule has 0 saturated heterocycles. The fourth-order valence-electron chi connectivity index (χ4n) is 2.35. The van der Waals surface area contributed by atoms with E-state index in [1.165, 1.54) is 6.42 Å². The van der Waals surface area contributed by atoms with Gasteiger partial charge in [-0.2, -0.15) is 0 Å². The molecule has 0 heteroatoms. The number of hydrogen-bond acceptors (Lipinski definition) is 0.